The van der Waals surface area contributed by atoms with E-state index in [1.165, 1.54) is 0 Å². The van der Waals surface area contributed by atoms with Gasteiger partial charge in [0, 0.05) is 0 Å². The molecule has 0 saturated heterocycles. The third-order valence-electron chi connectivity index (χ3n) is 0.765. The van der Waals surface area contributed by atoms with Crippen LogP contribution in [0.25, 0.3) is 0 Å². The third kappa shape index (κ3) is 3.62. The van der Waals surface area contributed by atoms with Crippen molar-refractivity contribution in [1.29, 1.82) is 0 Å². The second-order valence-corrected chi connectivity index (χ2v) is 1.67. The number of rotatable bonds is 2. The van der Waals surface area contributed by atoms with Crippen LogP contribution in [0.5, 0.6) is 0 Å². The van der Waals surface area contributed by atoms with E-state index in [4.69, 9.17) is 11.6 Å². The zero-order valence-corrected chi connectivity index (χ0v) is 4.72. The molecule has 0 saturated carbocycles. The minimum absolute atomic E-state index is 0.0660. The average Bonchev–Trinajstić information content (AvgIpc) is 1.65. The topological polar surface area (TPSA) is 47.7 Å². The van der Waals surface area contributed by atoms with Gasteiger partial charge in [0.1, 0.15) is 6.54 Å². The molecule has 0 spiro atoms. The van der Waals surface area contributed by atoms with E-state index in [0.717, 1.165) is 0 Å². The van der Waals surface area contributed by atoms with E-state index in [9.17, 15) is 5.21 Å². The SMILES string of the molecule is C#CC(C)C[NH+]([O-])O. The summed E-state index contributed by atoms with van der Waals surface area (Å²) in [6, 6.07) is 0. The third-order valence-corrected chi connectivity index (χ3v) is 0.765. The summed E-state index contributed by atoms with van der Waals surface area (Å²) >= 11 is 0. The fourth-order valence-electron chi connectivity index (χ4n) is 0.321. The normalized spacial score (nSPS) is 16.8. The van der Waals surface area contributed by atoms with Crippen molar-refractivity contribution in [3.8, 4) is 12.3 Å². The molecule has 0 amide bonds. The van der Waals surface area contributed by atoms with Gasteiger partial charge in [-0.3, -0.25) is 0 Å². The Hall–Kier alpha value is -0.560. The largest absolute Gasteiger partial charge is 0.600 e. The molecule has 0 aliphatic rings. The lowest BCUT2D eigenvalue weighted by molar-refractivity contribution is -1.05. The number of hydrogen-bond acceptors (Lipinski definition) is 2. The Morgan fingerprint density at radius 2 is 2.50 bits per heavy atom. The maximum atomic E-state index is 9.87. The molecule has 0 aromatic carbocycles. The molecule has 0 aromatic heterocycles. The summed E-state index contributed by atoms with van der Waals surface area (Å²) in [6.45, 7) is 1.77. The molecule has 0 aliphatic heterocycles. The van der Waals surface area contributed by atoms with Gasteiger partial charge in [0.15, 0.2) is 0 Å². The van der Waals surface area contributed by atoms with E-state index >= 15 is 0 Å². The van der Waals surface area contributed by atoms with E-state index in [1.807, 2.05) is 0 Å². The van der Waals surface area contributed by atoms with Gasteiger partial charge in [0.05, 0.1) is 5.92 Å². The molecule has 0 fully saturated rings. The minimum Gasteiger partial charge on any atom is -0.600 e. The molecule has 0 bridgehead atoms. The fourth-order valence-corrected chi connectivity index (χ4v) is 0.321. The maximum absolute atomic E-state index is 9.87. The Kier molecular flexibility index (Phi) is 3.20. The fraction of sp³-hybridized carbons (Fsp3) is 0.600. The number of hydrogen-bond donors (Lipinski definition) is 2. The number of hydroxylamine groups is 2. The zero-order chi connectivity index (χ0) is 6.57. The lowest BCUT2D eigenvalue weighted by atomic mass is 10.2. The summed E-state index contributed by atoms with van der Waals surface area (Å²) in [5, 5.41) is 17.2. The number of nitrogens with one attached hydrogen (secondary N) is 1. The molecule has 2 atom stereocenters. The zero-order valence-electron chi connectivity index (χ0n) is 4.72. The lowest BCUT2D eigenvalue weighted by Gasteiger charge is -2.12. The standard InChI is InChI=1S/C5H9NO2/c1-3-5(2)4-6(7)8/h1,5-7H,4H2,2H3. The monoisotopic (exact) mass is 115 g/mol. The second kappa shape index (κ2) is 3.44. The van der Waals surface area contributed by atoms with Gasteiger partial charge in [0.2, 0.25) is 0 Å². The lowest BCUT2D eigenvalue weighted by Crippen LogP contribution is -3.05. The molecule has 8 heavy (non-hydrogen) atoms. The molecule has 2 unspecified atom stereocenters. The van der Waals surface area contributed by atoms with Gasteiger partial charge in [-0.1, -0.05) is 5.92 Å². The molecule has 46 valence electrons. The van der Waals surface area contributed by atoms with E-state index in [-0.39, 0.29) is 12.5 Å². The van der Waals surface area contributed by atoms with Crippen molar-refractivity contribution >= 4 is 0 Å². The summed E-state index contributed by atoms with van der Waals surface area (Å²) in [7, 11) is 0. The summed E-state index contributed by atoms with van der Waals surface area (Å²) < 4.78 is 0. The van der Waals surface area contributed by atoms with Gasteiger partial charge in [0.25, 0.3) is 0 Å². The molecule has 0 rings (SSSR count). The first-order valence-electron chi connectivity index (χ1n) is 2.34. The molecule has 2 N–H and O–H groups in total. The first-order chi connectivity index (χ1) is 3.66. The van der Waals surface area contributed by atoms with Gasteiger partial charge < -0.3 is 5.21 Å². The van der Waals surface area contributed by atoms with Crippen LogP contribution in [0, 0.1) is 23.5 Å². The van der Waals surface area contributed by atoms with Gasteiger partial charge in [-0.05, 0) is 6.92 Å². The van der Waals surface area contributed by atoms with Crippen LogP contribution in [0.15, 0.2) is 0 Å². The van der Waals surface area contributed by atoms with E-state index in [0.29, 0.717) is 0 Å². The number of terminal acetylenes is 1. The van der Waals surface area contributed by atoms with E-state index < -0.39 is 5.23 Å². The second-order valence-electron chi connectivity index (χ2n) is 1.67. The van der Waals surface area contributed by atoms with Crippen molar-refractivity contribution in [1.82, 2.24) is 0 Å². The number of quaternary nitrogens is 1. The van der Waals surface area contributed by atoms with Crippen molar-refractivity contribution in [2.75, 3.05) is 6.54 Å². The van der Waals surface area contributed by atoms with E-state index in [2.05, 4.69) is 5.92 Å². The predicted octanol–water partition coefficient (Wildman–Crippen LogP) is -0.972. The highest BCUT2D eigenvalue weighted by Gasteiger charge is 1.98. The first kappa shape index (κ1) is 7.44. The van der Waals surface area contributed by atoms with Crippen LogP contribution >= 0.6 is 0 Å². The van der Waals surface area contributed by atoms with Crippen LogP contribution < -0.4 is 5.23 Å². The van der Waals surface area contributed by atoms with Crippen LogP contribution in [-0.2, 0) is 0 Å². The Morgan fingerprint density at radius 3 is 2.62 bits per heavy atom. The van der Waals surface area contributed by atoms with Crippen molar-refractivity contribution in [2.24, 2.45) is 5.92 Å². The summed E-state index contributed by atoms with van der Waals surface area (Å²) in [4.78, 5) is 0. The highest BCUT2D eigenvalue weighted by molar-refractivity contribution is 4.89. The van der Waals surface area contributed by atoms with Crippen LogP contribution in [0.2, 0.25) is 0 Å². The molecule has 3 heteroatoms. The Balaban J connectivity index is 3.28. The molecular formula is C5H9NO2. The van der Waals surface area contributed by atoms with Crippen LogP contribution in [0.1, 0.15) is 6.92 Å². The smallest absolute Gasteiger partial charge is 0.120 e. The average molecular weight is 115 g/mol. The Morgan fingerprint density at radius 1 is 2.00 bits per heavy atom. The molecule has 0 aliphatic carbocycles. The Bertz CT molecular complexity index is 95.1. The molecular weight excluding hydrogens is 106 g/mol. The summed E-state index contributed by atoms with van der Waals surface area (Å²) in [5.74, 6) is 2.17. The van der Waals surface area contributed by atoms with Crippen molar-refractivity contribution in [3.05, 3.63) is 5.21 Å². The molecule has 0 aromatic rings. The summed E-state index contributed by atoms with van der Waals surface area (Å²) in [6.07, 6.45) is 4.91. The van der Waals surface area contributed by atoms with Crippen LogP contribution in [0.3, 0.4) is 0 Å². The highest BCUT2D eigenvalue weighted by Crippen LogP contribution is 1.82. The van der Waals surface area contributed by atoms with E-state index in [1.54, 1.807) is 6.92 Å². The van der Waals surface area contributed by atoms with Crippen molar-refractivity contribution in [2.45, 2.75) is 6.92 Å². The molecule has 0 radical (unpaired) electrons. The van der Waals surface area contributed by atoms with Gasteiger partial charge >= 0.3 is 0 Å². The van der Waals surface area contributed by atoms with Gasteiger partial charge in [-0.25, -0.2) is 10.4 Å². The molecule has 3 nitrogen and oxygen atoms in total. The van der Waals surface area contributed by atoms with Crippen molar-refractivity contribution < 1.29 is 10.4 Å². The van der Waals surface area contributed by atoms with Crippen LogP contribution in [-0.4, -0.2) is 11.8 Å². The van der Waals surface area contributed by atoms with Gasteiger partial charge in [-0.15, -0.1) is 6.42 Å². The maximum Gasteiger partial charge on any atom is 0.120 e. The predicted molar refractivity (Wildman–Crippen MR) is 29.0 cm³/mol. The van der Waals surface area contributed by atoms with Crippen LogP contribution in [0.4, 0.5) is 0 Å². The Labute approximate surface area is 48.5 Å². The van der Waals surface area contributed by atoms with Crippen molar-refractivity contribution in [3.63, 3.8) is 0 Å². The van der Waals surface area contributed by atoms with Gasteiger partial charge in [-0.2, -0.15) is 0 Å². The molecule has 0 heterocycles. The minimum atomic E-state index is -0.838. The first-order valence-corrected chi connectivity index (χ1v) is 2.34. The quantitative estimate of drug-likeness (QED) is 0.359. The highest BCUT2D eigenvalue weighted by atomic mass is 16.8. The summed E-state index contributed by atoms with van der Waals surface area (Å²) in [5.41, 5.74) is 0.